The van der Waals surface area contributed by atoms with Gasteiger partial charge in [0.25, 0.3) is 0 Å². The zero-order valence-electron chi connectivity index (χ0n) is 15.2. The molecule has 0 bridgehead atoms. The SMILES string of the molecule is CCCCCCCO.CCOCc1ccccc1.OCC(O)CO. The monoisotopic (exact) mass is 344 g/mol. The largest absolute Gasteiger partial charge is 0.396 e. The summed E-state index contributed by atoms with van der Waals surface area (Å²) in [7, 11) is 0. The van der Waals surface area contributed by atoms with Crippen LogP contribution in [0.25, 0.3) is 0 Å². The van der Waals surface area contributed by atoms with Crippen LogP contribution in [0.4, 0.5) is 0 Å². The normalized spacial score (nSPS) is 9.79. The number of benzene rings is 1. The van der Waals surface area contributed by atoms with Gasteiger partial charge >= 0.3 is 0 Å². The summed E-state index contributed by atoms with van der Waals surface area (Å²) in [6.07, 6.45) is 5.12. The van der Waals surface area contributed by atoms with Crippen LogP contribution in [0.3, 0.4) is 0 Å². The third-order valence-corrected chi connectivity index (χ3v) is 3.00. The van der Waals surface area contributed by atoms with E-state index >= 15 is 0 Å². The summed E-state index contributed by atoms with van der Waals surface area (Å²) in [5.41, 5.74) is 1.24. The molecule has 0 heterocycles. The maximum absolute atomic E-state index is 8.37. The number of hydrogen-bond donors (Lipinski definition) is 4. The van der Waals surface area contributed by atoms with Gasteiger partial charge in [-0.1, -0.05) is 62.9 Å². The summed E-state index contributed by atoms with van der Waals surface area (Å²) < 4.78 is 5.22. The van der Waals surface area contributed by atoms with Crippen LogP contribution in [-0.2, 0) is 11.3 Å². The highest BCUT2D eigenvalue weighted by molar-refractivity contribution is 5.13. The molecule has 0 aliphatic rings. The summed E-state index contributed by atoms with van der Waals surface area (Å²) in [6.45, 7) is 5.35. The summed E-state index contributed by atoms with van der Waals surface area (Å²) in [5, 5.41) is 32.4. The molecule has 0 aliphatic heterocycles. The Labute approximate surface area is 146 Å². The van der Waals surface area contributed by atoms with Crippen molar-refractivity contribution in [3.8, 4) is 0 Å². The zero-order valence-corrected chi connectivity index (χ0v) is 15.2. The number of unbranched alkanes of at least 4 members (excludes halogenated alkanes) is 4. The molecule has 1 aromatic carbocycles. The van der Waals surface area contributed by atoms with Crippen LogP contribution in [0.5, 0.6) is 0 Å². The van der Waals surface area contributed by atoms with E-state index in [2.05, 4.69) is 19.1 Å². The van der Waals surface area contributed by atoms with Crippen LogP contribution >= 0.6 is 0 Å². The molecule has 4 N–H and O–H groups in total. The zero-order chi connectivity index (χ0) is 18.5. The molecule has 0 saturated heterocycles. The van der Waals surface area contributed by atoms with Gasteiger partial charge in [-0.15, -0.1) is 0 Å². The first-order valence-electron chi connectivity index (χ1n) is 8.78. The van der Waals surface area contributed by atoms with E-state index in [0.717, 1.165) is 19.6 Å². The van der Waals surface area contributed by atoms with E-state index < -0.39 is 6.10 Å². The van der Waals surface area contributed by atoms with Gasteiger partial charge < -0.3 is 25.2 Å². The second-order valence-electron chi connectivity index (χ2n) is 5.28. The van der Waals surface area contributed by atoms with E-state index in [4.69, 9.17) is 25.2 Å². The molecule has 142 valence electrons. The molecule has 0 amide bonds. The van der Waals surface area contributed by atoms with Gasteiger partial charge in [0.05, 0.1) is 19.8 Å². The highest BCUT2D eigenvalue weighted by Gasteiger charge is 1.93. The van der Waals surface area contributed by atoms with Crippen LogP contribution in [0.1, 0.15) is 51.5 Å². The van der Waals surface area contributed by atoms with Crippen molar-refractivity contribution >= 4 is 0 Å². The van der Waals surface area contributed by atoms with Crippen molar-refractivity contribution in [1.82, 2.24) is 0 Å². The van der Waals surface area contributed by atoms with Gasteiger partial charge in [-0.25, -0.2) is 0 Å². The lowest BCUT2D eigenvalue weighted by molar-refractivity contribution is 0.0450. The molecule has 24 heavy (non-hydrogen) atoms. The standard InChI is InChI=1S/C9H12O.C7H16O.C3H8O3/c1-2-10-8-9-6-4-3-5-7-9;1-2-3-4-5-6-7-8;4-1-3(6)2-5/h3-7H,2,8H2,1H3;8H,2-7H2,1H3;3-6H,1-2H2. The van der Waals surface area contributed by atoms with Crippen molar-refractivity contribution in [2.24, 2.45) is 0 Å². The molecule has 5 heteroatoms. The van der Waals surface area contributed by atoms with Gasteiger partial charge in [0, 0.05) is 13.2 Å². The Kier molecular flexibility index (Phi) is 23.2. The van der Waals surface area contributed by atoms with Gasteiger partial charge in [-0.3, -0.25) is 0 Å². The number of aliphatic hydroxyl groups is 4. The van der Waals surface area contributed by atoms with Crippen LogP contribution in [0.2, 0.25) is 0 Å². The number of ether oxygens (including phenoxy) is 1. The Hall–Kier alpha value is -0.980. The lowest BCUT2D eigenvalue weighted by atomic mass is 10.2. The maximum Gasteiger partial charge on any atom is 0.100 e. The molecule has 0 aliphatic carbocycles. The Morgan fingerprint density at radius 2 is 1.46 bits per heavy atom. The first-order chi connectivity index (χ1) is 11.7. The number of rotatable bonds is 10. The third-order valence-electron chi connectivity index (χ3n) is 3.00. The molecule has 0 spiro atoms. The van der Waals surface area contributed by atoms with Gasteiger partial charge in [0.1, 0.15) is 6.10 Å². The highest BCUT2D eigenvalue weighted by atomic mass is 16.5. The fraction of sp³-hybridized carbons (Fsp3) is 0.684. The van der Waals surface area contributed by atoms with Crippen molar-refractivity contribution in [2.45, 2.75) is 58.7 Å². The number of aliphatic hydroxyl groups excluding tert-OH is 4. The van der Waals surface area contributed by atoms with E-state index in [1.54, 1.807) is 0 Å². The van der Waals surface area contributed by atoms with Gasteiger partial charge in [0.2, 0.25) is 0 Å². The molecule has 5 nitrogen and oxygen atoms in total. The average molecular weight is 344 g/mol. The van der Waals surface area contributed by atoms with E-state index in [-0.39, 0.29) is 13.2 Å². The Morgan fingerprint density at radius 3 is 1.88 bits per heavy atom. The Bertz CT molecular complexity index is 309. The average Bonchev–Trinajstić information content (AvgIpc) is 2.65. The van der Waals surface area contributed by atoms with Gasteiger partial charge in [-0.05, 0) is 18.9 Å². The molecule has 0 fully saturated rings. The smallest absolute Gasteiger partial charge is 0.100 e. The summed E-state index contributed by atoms with van der Waals surface area (Å²) in [4.78, 5) is 0. The second-order valence-corrected chi connectivity index (χ2v) is 5.28. The van der Waals surface area contributed by atoms with Crippen LogP contribution in [-0.4, -0.2) is 53.0 Å². The topological polar surface area (TPSA) is 90.2 Å². The molecule has 0 unspecified atom stereocenters. The molecule has 0 radical (unpaired) electrons. The van der Waals surface area contributed by atoms with Crippen LogP contribution < -0.4 is 0 Å². The maximum atomic E-state index is 8.37. The van der Waals surface area contributed by atoms with Crippen molar-refractivity contribution in [3.05, 3.63) is 35.9 Å². The molecular formula is C19H36O5. The van der Waals surface area contributed by atoms with E-state index in [1.807, 2.05) is 25.1 Å². The van der Waals surface area contributed by atoms with Crippen molar-refractivity contribution < 1.29 is 25.2 Å². The Morgan fingerprint density at radius 1 is 0.875 bits per heavy atom. The van der Waals surface area contributed by atoms with E-state index in [9.17, 15) is 0 Å². The van der Waals surface area contributed by atoms with E-state index in [1.165, 1.54) is 31.2 Å². The van der Waals surface area contributed by atoms with Crippen LogP contribution in [0.15, 0.2) is 30.3 Å². The quantitative estimate of drug-likeness (QED) is 0.490. The van der Waals surface area contributed by atoms with Crippen molar-refractivity contribution in [1.29, 1.82) is 0 Å². The molecule has 1 rings (SSSR count). The third kappa shape index (κ3) is 21.0. The van der Waals surface area contributed by atoms with Crippen molar-refractivity contribution in [3.63, 3.8) is 0 Å². The fourth-order valence-electron chi connectivity index (χ4n) is 1.57. The van der Waals surface area contributed by atoms with E-state index in [0.29, 0.717) is 6.61 Å². The number of hydrogen-bond acceptors (Lipinski definition) is 5. The minimum atomic E-state index is -0.954. The van der Waals surface area contributed by atoms with Crippen LogP contribution in [0, 0.1) is 0 Å². The van der Waals surface area contributed by atoms with Crippen molar-refractivity contribution in [2.75, 3.05) is 26.4 Å². The Balaban J connectivity index is 0. The van der Waals surface area contributed by atoms with Gasteiger partial charge in [0.15, 0.2) is 0 Å². The molecule has 0 aromatic heterocycles. The minimum Gasteiger partial charge on any atom is -0.396 e. The molecule has 0 saturated carbocycles. The fourth-order valence-corrected chi connectivity index (χ4v) is 1.57. The minimum absolute atomic E-state index is 0.365. The highest BCUT2D eigenvalue weighted by Crippen LogP contribution is 2.00. The summed E-state index contributed by atoms with van der Waals surface area (Å²) in [6, 6.07) is 10.2. The summed E-state index contributed by atoms with van der Waals surface area (Å²) in [5.74, 6) is 0. The lowest BCUT2D eigenvalue weighted by Gasteiger charge is -1.98. The second kappa shape index (κ2) is 22.0. The molecule has 0 atom stereocenters. The van der Waals surface area contributed by atoms with Gasteiger partial charge in [-0.2, -0.15) is 0 Å². The lowest BCUT2D eigenvalue weighted by Crippen LogP contribution is -2.15. The predicted molar refractivity (Wildman–Crippen MR) is 97.8 cm³/mol. The first kappa shape index (κ1) is 25.3. The summed E-state index contributed by atoms with van der Waals surface area (Å²) >= 11 is 0. The molecular weight excluding hydrogens is 308 g/mol. The predicted octanol–water partition coefficient (Wildman–Crippen LogP) is 2.50. The molecule has 1 aromatic rings. The first-order valence-corrected chi connectivity index (χ1v) is 8.78.